The van der Waals surface area contributed by atoms with Crippen molar-refractivity contribution in [2.45, 2.75) is 44.1 Å². The number of aliphatic hydroxyl groups is 1. The average Bonchev–Trinajstić information content (AvgIpc) is 2.76. The molecule has 1 aliphatic heterocycles. The Hall–Kier alpha value is -0.160. The maximum atomic E-state index is 10.5. The van der Waals surface area contributed by atoms with E-state index in [-0.39, 0.29) is 5.41 Å². The third kappa shape index (κ3) is 3.44. The fourth-order valence-electron chi connectivity index (χ4n) is 3.55. The van der Waals surface area contributed by atoms with E-state index in [0.717, 1.165) is 58.5 Å². The van der Waals surface area contributed by atoms with Crippen LogP contribution in [-0.4, -0.2) is 55.5 Å². The van der Waals surface area contributed by atoms with Crippen LogP contribution in [-0.2, 0) is 4.74 Å². The van der Waals surface area contributed by atoms with Crippen LogP contribution in [0.15, 0.2) is 0 Å². The first-order valence-corrected chi connectivity index (χ1v) is 7.26. The lowest BCUT2D eigenvalue weighted by atomic mass is 9.79. The molecule has 1 saturated heterocycles. The van der Waals surface area contributed by atoms with Crippen LogP contribution < -0.4 is 5.73 Å². The van der Waals surface area contributed by atoms with E-state index in [0.29, 0.717) is 0 Å². The smallest absolute Gasteiger partial charge is 0.0774 e. The van der Waals surface area contributed by atoms with E-state index in [9.17, 15) is 5.11 Å². The number of likely N-dealkylation sites (N-methyl/N-ethyl adjacent to an activating group) is 1. The lowest BCUT2D eigenvalue weighted by molar-refractivity contribution is -0.0228. The van der Waals surface area contributed by atoms with Crippen molar-refractivity contribution in [1.82, 2.24) is 4.90 Å². The van der Waals surface area contributed by atoms with Gasteiger partial charge < -0.3 is 20.5 Å². The predicted molar refractivity (Wildman–Crippen MR) is 72.5 cm³/mol. The summed E-state index contributed by atoms with van der Waals surface area (Å²) in [6.45, 7) is 4.15. The molecule has 2 fully saturated rings. The zero-order valence-corrected chi connectivity index (χ0v) is 11.7. The molecule has 3 N–H and O–H groups in total. The molecule has 2 aliphatic rings. The molecule has 4 nitrogen and oxygen atoms in total. The molecule has 4 heteroatoms. The fourth-order valence-corrected chi connectivity index (χ4v) is 3.55. The number of rotatable bonds is 5. The van der Waals surface area contributed by atoms with E-state index in [1.807, 2.05) is 0 Å². The van der Waals surface area contributed by atoms with Crippen LogP contribution in [0.25, 0.3) is 0 Å². The Morgan fingerprint density at radius 1 is 1.11 bits per heavy atom. The Labute approximate surface area is 110 Å². The van der Waals surface area contributed by atoms with Crippen molar-refractivity contribution in [3.05, 3.63) is 0 Å². The minimum absolute atomic E-state index is 0.196. The van der Waals surface area contributed by atoms with Crippen molar-refractivity contribution in [1.29, 1.82) is 0 Å². The zero-order valence-electron chi connectivity index (χ0n) is 11.7. The number of nitrogens with two attached hydrogens (primary N) is 1. The summed E-state index contributed by atoms with van der Waals surface area (Å²) in [6.07, 6.45) is 6.34. The van der Waals surface area contributed by atoms with Crippen molar-refractivity contribution in [2.75, 3.05) is 39.9 Å². The highest BCUT2D eigenvalue weighted by Gasteiger charge is 2.36. The molecule has 2 rings (SSSR count). The molecule has 1 saturated carbocycles. The molecule has 18 heavy (non-hydrogen) atoms. The van der Waals surface area contributed by atoms with Crippen LogP contribution in [0.1, 0.15) is 38.5 Å². The number of hydrogen-bond acceptors (Lipinski definition) is 4. The van der Waals surface area contributed by atoms with Crippen LogP contribution in [0.3, 0.4) is 0 Å². The summed E-state index contributed by atoms with van der Waals surface area (Å²) in [5.74, 6) is 0. The highest BCUT2D eigenvalue weighted by molar-refractivity contribution is 4.90. The van der Waals surface area contributed by atoms with Crippen molar-refractivity contribution >= 4 is 0 Å². The van der Waals surface area contributed by atoms with Gasteiger partial charge >= 0.3 is 0 Å². The molecule has 0 aromatic heterocycles. The first kappa shape index (κ1) is 14.3. The molecule has 0 atom stereocenters. The first-order valence-electron chi connectivity index (χ1n) is 7.26. The quantitative estimate of drug-likeness (QED) is 0.770. The van der Waals surface area contributed by atoms with Gasteiger partial charge in [0.15, 0.2) is 0 Å². The van der Waals surface area contributed by atoms with Crippen LogP contribution in [0.4, 0.5) is 0 Å². The van der Waals surface area contributed by atoms with E-state index in [1.165, 1.54) is 12.8 Å². The summed E-state index contributed by atoms with van der Waals surface area (Å²) >= 11 is 0. The fraction of sp³-hybridized carbons (Fsp3) is 1.00. The van der Waals surface area contributed by atoms with Crippen LogP contribution in [0, 0.1) is 5.41 Å². The lowest BCUT2D eigenvalue weighted by Gasteiger charge is -2.40. The van der Waals surface area contributed by atoms with Gasteiger partial charge in [0.25, 0.3) is 0 Å². The van der Waals surface area contributed by atoms with E-state index in [1.54, 1.807) is 0 Å². The second-order valence-electron chi connectivity index (χ2n) is 6.42. The van der Waals surface area contributed by atoms with Crippen molar-refractivity contribution in [3.63, 3.8) is 0 Å². The van der Waals surface area contributed by atoms with Gasteiger partial charge in [0.05, 0.1) is 5.60 Å². The Morgan fingerprint density at radius 3 is 2.28 bits per heavy atom. The van der Waals surface area contributed by atoms with Gasteiger partial charge in [-0.05, 0) is 44.7 Å². The molecule has 106 valence electrons. The summed E-state index contributed by atoms with van der Waals surface area (Å²) in [5.41, 5.74) is 5.73. The summed E-state index contributed by atoms with van der Waals surface area (Å²) in [4.78, 5) is 2.28. The third-order valence-corrected chi connectivity index (χ3v) is 4.69. The SMILES string of the molecule is CN(CC1(O)CCCC1)CC1(CN)CCOCC1. The Kier molecular flexibility index (Phi) is 4.64. The van der Waals surface area contributed by atoms with Crippen molar-refractivity contribution in [3.8, 4) is 0 Å². The van der Waals surface area contributed by atoms with Crippen molar-refractivity contribution < 1.29 is 9.84 Å². The molecule has 0 radical (unpaired) electrons. The third-order valence-electron chi connectivity index (χ3n) is 4.69. The maximum Gasteiger partial charge on any atom is 0.0774 e. The van der Waals surface area contributed by atoms with Gasteiger partial charge in [-0.25, -0.2) is 0 Å². The van der Waals surface area contributed by atoms with Crippen LogP contribution >= 0.6 is 0 Å². The molecule has 0 unspecified atom stereocenters. The van der Waals surface area contributed by atoms with Gasteiger partial charge in [0.2, 0.25) is 0 Å². The average molecular weight is 256 g/mol. The summed E-state index contributed by atoms with van der Waals surface area (Å²) < 4.78 is 5.44. The Balaban J connectivity index is 1.86. The van der Waals surface area contributed by atoms with E-state index in [4.69, 9.17) is 10.5 Å². The van der Waals surface area contributed by atoms with Gasteiger partial charge in [-0.3, -0.25) is 0 Å². The van der Waals surface area contributed by atoms with Gasteiger partial charge in [0, 0.05) is 26.3 Å². The summed E-state index contributed by atoms with van der Waals surface area (Å²) in [7, 11) is 2.11. The monoisotopic (exact) mass is 256 g/mol. The number of ether oxygens (including phenoxy) is 1. The minimum Gasteiger partial charge on any atom is -0.389 e. The van der Waals surface area contributed by atoms with Crippen molar-refractivity contribution in [2.24, 2.45) is 11.1 Å². The van der Waals surface area contributed by atoms with E-state index < -0.39 is 5.60 Å². The van der Waals surface area contributed by atoms with Gasteiger partial charge in [-0.1, -0.05) is 12.8 Å². The molecule has 0 aromatic rings. The lowest BCUT2D eigenvalue weighted by Crippen LogP contribution is -2.48. The van der Waals surface area contributed by atoms with Gasteiger partial charge in [0.1, 0.15) is 0 Å². The molecule has 1 heterocycles. The molecule has 0 spiro atoms. The first-order chi connectivity index (χ1) is 8.58. The minimum atomic E-state index is -0.449. The maximum absolute atomic E-state index is 10.5. The highest BCUT2D eigenvalue weighted by Crippen LogP contribution is 2.33. The van der Waals surface area contributed by atoms with Gasteiger partial charge in [-0.2, -0.15) is 0 Å². The predicted octanol–water partition coefficient (Wildman–Crippen LogP) is 0.979. The second kappa shape index (κ2) is 5.87. The molecular formula is C14H28N2O2. The Morgan fingerprint density at radius 2 is 1.72 bits per heavy atom. The van der Waals surface area contributed by atoms with Crippen LogP contribution in [0.2, 0.25) is 0 Å². The summed E-state index contributed by atoms with van der Waals surface area (Å²) in [5, 5.41) is 10.5. The standard InChI is InChI=1S/C14H28N2O2/c1-16(12-14(17)4-2-3-5-14)11-13(10-15)6-8-18-9-7-13/h17H,2-12,15H2,1H3. The van der Waals surface area contributed by atoms with Crippen LogP contribution in [0.5, 0.6) is 0 Å². The van der Waals surface area contributed by atoms with Gasteiger partial charge in [-0.15, -0.1) is 0 Å². The molecule has 1 aliphatic carbocycles. The highest BCUT2D eigenvalue weighted by atomic mass is 16.5. The topological polar surface area (TPSA) is 58.7 Å². The van der Waals surface area contributed by atoms with E-state index >= 15 is 0 Å². The normalized spacial score (nSPS) is 26.7. The summed E-state index contributed by atoms with van der Waals surface area (Å²) in [6, 6.07) is 0. The second-order valence-corrected chi connectivity index (χ2v) is 6.42. The largest absolute Gasteiger partial charge is 0.389 e. The Bertz CT molecular complexity index is 259. The number of hydrogen-bond donors (Lipinski definition) is 2. The molecule has 0 bridgehead atoms. The van der Waals surface area contributed by atoms with E-state index in [2.05, 4.69) is 11.9 Å². The zero-order chi connectivity index (χ0) is 13.1. The molecule has 0 amide bonds. The molecule has 0 aromatic carbocycles. The number of nitrogens with zero attached hydrogens (tertiary/aromatic N) is 1. The molecular weight excluding hydrogens is 228 g/mol.